The molecule has 0 aliphatic carbocycles. The van der Waals surface area contributed by atoms with Gasteiger partial charge in [-0.05, 0) is 36.1 Å². The van der Waals surface area contributed by atoms with Gasteiger partial charge in [0.25, 0.3) is 0 Å². The summed E-state index contributed by atoms with van der Waals surface area (Å²) in [4.78, 5) is 11.6. The number of hydrogen-bond donors (Lipinski definition) is 0. The molecule has 84 valence electrons. The zero-order chi connectivity index (χ0) is 12.1. The van der Waals surface area contributed by atoms with Crippen LogP contribution in [0.1, 0.15) is 40.9 Å². The molecule has 0 fully saturated rings. The summed E-state index contributed by atoms with van der Waals surface area (Å²) in [5.41, 5.74) is 3.05. The van der Waals surface area contributed by atoms with E-state index in [4.69, 9.17) is 10.00 Å². The van der Waals surface area contributed by atoms with E-state index in [1.165, 1.54) is 7.11 Å². The minimum Gasteiger partial charge on any atom is -0.465 e. The lowest BCUT2D eigenvalue weighted by molar-refractivity contribution is 0.0599. The van der Waals surface area contributed by atoms with Crippen molar-refractivity contribution in [2.24, 2.45) is 0 Å². The number of esters is 1. The molecule has 3 heteroatoms. The molecule has 0 atom stereocenters. The Labute approximate surface area is 95.7 Å². The molecule has 0 radical (unpaired) electrons. The van der Waals surface area contributed by atoms with Crippen molar-refractivity contribution in [3.8, 4) is 6.07 Å². The van der Waals surface area contributed by atoms with Crippen LogP contribution in [0, 0.1) is 11.3 Å². The number of rotatable bonds is 3. The van der Waals surface area contributed by atoms with Crippen molar-refractivity contribution >= 4 is 5.97 Å². The topological polar surface area (TPSA) is 50.1 Å². The van der Waals surface area contributed by atoms with Gasteiger partial charge in [-0.3, -0.25) is 0 Å². The normalized spacial score (nSPS) is 9.62. The number of carbonyl (C=O) groups is 1. The van der Waals surface area contributed by atoms with Crippen LogP contribution in [-0.2, 0) is 17.6 Å². The van der Waals surface area contributed by atoms with Crippen LogP contribution in [0.15, 0.2) is 12.1 Å². The van der Waals surface area contributed by atoms with Crippen molar-refractivity contribution in [3.63, 3.8) is 0 Å². The molecule has 0 saturated carbocycles. The standard InChI is InChI=1S/C13H15NO2/c1-4-10-6-9(8-14)7-12(11(10)5-2)13(15)16-3/h6-7H,4-5H2,1-3H3. The van der Waals surface area contributed by atoms with E-state index in [2.05, 4.69) is 6.07 Å². The van der Waals surface area contributed by atoms with Gasteiger partial charge >= 0.3 is 5.97 Å². The molecule has 0 amide bonds. The van der Waals surface area contributed by atoms with Gasteiger partial charge < -0.3 is 4.74 Å². The summed E-state index contributed by atoms with van der Waals surface area (Å²) in [5, 5.41) is 8.90. The van der Waals surface area contributed by atoms with Crippen molar-refractivity contribution in [2.75, 3.05) is 7.11 Å². The lowest BCUT2D eigenvalue weighted by Gasteiger charge is -2.11. The molecule has 0 saturated heterocycles. The average molecular weight is 217 g/mol. The van der Waals surface area contributed by atoms with E-state index in [1.807, 2.05) is 19.9 Å². The van der Waals surface area contributed by atoms with E-state index in [1.54, 1.807) is 6.07 Å². The fourth-order valence-electron chi connectivity index (χ4n) is 1.82. The van der Waals surface area contributed by atoms with Crippen molar-refractivity contribution in [1.29, 1.82) is 5.26 Å². The van der Waals surface area contributed by atoms with E-state index >= 15 is 0 Å². The summed E-state index contributed by atoms with van der Waals surface area (Å²) in [6, 6.07) is 5.50. The summed E-state index contributed by atoms with van der Waals surface area (Å²) in [6.45, 7) is 4.00. The third-order valence-corrected chi connectivity index (χ3v) is 2.61. The Morgan fingerprint density at radius 2 is 2.06 bits per heavy atom. The second-order valence-electron chi connectivity index (χ2n) is 3.47. The Morgan fingerprint density at radius 3 is 2.50 bits per heavy atom. The van der Waals surface area contributed by atoms with Crippen LogP contribution in [0.25, 0.3) is 0 Å². The minimum absolute atomic E-state index is 0.372. The fraction of sp³-hybridized carbons (Fsp3) is 0.385. The summed E-state index contributed by atoms with van der Waals surface area (Å²) >= 11 is 0. The van der Waals surface area contributed by atoms with Gasteiger partial charge in [0.15, 0.2) is 0 Å². The van der Waals surface area contributed by atoms with Crippen molar-refractivity contribution in [3.05, 3.63) is 34.4 Å². The van der Waals surface area contributed by atoms with Crippen molar-refractivity contribution in [2.45, 2.75) is 26.7 Å². The van der Waals surface area contributed by atoms with Crippen LogP contribution in [0.5, 0.6) is 0 Å². The molecule has 0 heterocycles. The van der Waals surface area contributed by atoms with Crippen molar-refractivity contribution in [1.82, 2.24) is 0 Å². The largest absolute Gasteiger partial charge is 0.465 e. The second-order valence-corrected chi connectivity index (χ2v) is 3.47. The molecule has 1 rings (SSSR count). The highest BCUT2D eigenvalue weighted by molar-refractivity contribution is 5.92. The first-order valence-electron chi connectivity index (χ1n) is 5.32. The number of nitriles is 1. The monoisotopic (exact) mass is 217 g/mol. The number of aryl methyl sites for hydroxylation is 1. The lowest BCUT2D eigenvalue weighted by Crippen LogP contribution is -2.08. The summed E-state index contributed by atoms with van der Waals surface area (Å²) in [6.07, 6.45) is 1.57. The lowest BCUT2D eigenvalue weighted by atomic mass is 9.94. The molecule has 0 N–H and O–H groups in total. The van der Waals surface area contributed by atoms with Gasteiger partial charge in [0.05, 0.1) is 24.3 Å². The fourth-order valence-corrected chi connectivity index (χ4v) is 1.82. The van der Waals surface area contributed by atoms with Crippen LogP contribution in [0.4, 0.5) is 0 Å². The molecule has 16 heavy (non-hydrogen) atoms. The zero-order valence-corrected chi connectivity index (χ0v) is 9.83. The molecule has 0 unspecified atom stereocenters. The van der Waals surface area contributed by atoms with Crippen LogP contribution >= 0.6 is 0 Å². The molecular formula is C13H15NO2. The Kier molecular flexibility index (Phi) is 4.07. The number of carbonyl (C=O) groups excluding carboxylic acids is 1. The van der Waals surface area contributed by atoms with Crippen LogP contribution < -0.4 is 0 Å². The molecule has 0 bridgehead atoms. The third-order valence-electron chi connectivity index (χ3n) is 2.61. The van der Waals surface area contributed by atoms with Crippen LogP contribution in [0.3, 0.4) is 0 Å². The van der Waals surface area contributed by atoms with E-state index in [9.17, 15) is 4.79 Å². The maximum absolute atomic E-state index is 11.6. The highest BCUT2D eigenvalue weighted by Crippen LogP contribution is 2.20. The van der Waals surface area contributed by atoms with Gasteiger partial charge in [0, 0.05) is 0 Å². The van der Waals surface area contributed by atoms with Gasteiger partial charge in [-0.1, -0.05) is 13.8 Å². The molecule has 1 aromatic carbocycles. The van der Waals surface area contributed by atoms with Gasteiger partial charge in [-0.25, -0.2) is 4.79 Å². The summed E-state index contributed by atoms with van der Waals surface area (Å²) in [7, 11) is 1.35. The maximum atomic E-state index is 11.6. The first-order chi connectivity index (χ1) is 7.67. The Bertz CT molecular complexity index is 444. The van der Waals surface area contributed by atoms with E-state index < -0.39 is 0 Å². The van der Waals surface area contributed by atoms with Gasteiger partial charge in [0.2, 0.25) is 0 Å². The number of methoxy groups -OCH3 is 1. The van der Waals surface area contributed by atoms with E-state index in [0.717, 1.165) is 24.0 Å². The van der Waals surface area contributed by atoms with Gasteiger partial charge in [-0.15, -0.1) is 0 Å². The number of benzene rings is 1. The van der Waals surface area contributed by atoms with Gasteiger partial charge in [-0.2, -0.15) is 5.26 Å². The first kappa shape index (κ1) is 12.3. The van der Waals surface area contributed by atoms with E-state index in [-0.39, 0.29) is 5.97 Å². The van der Waals surface area contributed by atoms with Crippen molar-refractivity contribution < 1.29 is 9.53 Å². The number of nitrogens with zero attached hydrogens (tertiary/aromatic N) is 1. The maximum Gasteiger partial charge on any atom is 0.338 e. The van der Waals surface area contributed by atoms with Crippen LogP contribution in [0.2, 0.25) is 0 Å². The SMILES string of the molecule is CCc1cc(C#N)cc(C(=O)OC)c1CC. The Balaban J connectivity index is 3.44. The molecule has 3 nitrogen and oxygen atoms in total. The second kappa shape index (κ2) is 5.32. The molecule has 0 spiro atoms. The van der Waals surface area contributed by atoms with E-state index in [0.29, 0.717) is 11.1 Å². The summed E-state index contributed by atoms with van der Waals surface area (Å²) in [5.74, 6) is -0.372. The molecule has 0 aliphatic heterocycles. The molecule has 1 aromatic rings. The summed E-state index contributed by atoms with van der Waals surface area (Å²) < 4.78 is 4.73. The first-order valence-corrected chi connectivity index (χ1v) is 5.32. The highest BCUT2D eigenvalue weighted by atomic mass is 16.5. The zero-order valence-electron chi connectivity index (χ0n) is 9.83. The Hall–Kier alpha value is -1.82. The highest BCUT2D eigenvalue weighted by Gasteiger charge is 2.15. The quantitative estimate of drug-likeness (QED) is 0.731. The smallest absolute Gasteiger partial charge is 0.338 e. The molecule has 0 aromatic heterocycles. The minimum atomic E-state index is -0.372. The molecule has 0 aliphatic rings. The Morgan fingerprint density at radius 1 is 1.38 bits per heavy atom. The van der Waals surface area contributed by atoms with Crippen LogP contribution in [-0.4, -0.2) is 13.1 Å². The average Bonchev–Trinajstić information content (AvgIpc) is 2.35. The third kappa shape index (κ3) is 2.22. The predicted molar refractivity (Wildman–Crippen MR) is 61.3 cm³/mol. The number of hydrogen-bond acceptors (Lipinski definition) is 3. The molecular weight excluding hydrogens is 202 g/mol. The van der Waals surface area contributed by atoms with Gasteiger partial charge in [0.1, 0.15) is 0 Å². The predicted octanol–water partition coefficient (Wildman–Crippen LogP) is 2.47. The number of ether oxygens (including phenoxy) is 1.